The molecule has 1 nitrogen and oxygen atoms in total. The number of thiophene rings is 1. The number of benzene rings is 1. The van der Waals surface area contributed by atoms with Crippen molar-refractivity contribution < 1.29 is 0 Å². The Kier molecular flexibility index (Phi) is 4.62. The third kappa shape index (κ3) is 3.55. The maximum atomic E-state index is 6.17. The van der Waals surface area contributed by atoms with E-state index < -0.39 is 0 Å². The van der Waals surface area contributed by atoms with E-state index in [0.29, 0.717) is 6.04 Å². The summed E-state index contributed by atoms with van der Waals surface area (Å²) < 4.78 is 1.01. The van der Waals surface area contributed by atoms with Gasteiger partial charge in [0.1, 0.15) is 0 Å². The molecule has 1 aromatic heterocycles. The van der Waals surface area contributed by atoms with Crippen LogP contribution in [0.15, 0.2) is 40.2 Å². The summed E-state index contributed by atoms with van der Waals surface area (Å²) in [5.41, 5.74) is 1.12. The zero-order valence-corrected chi connectivity index (χ0v) is 12.6. The smallest absolute Gasteiger partial charge is 0.0462 e. The van der Waals surface area contributed by atoms with Crippen molar-refractivity contribution in [1.82, 2.24) is 5.32 Å². The largest absolute Gasteiger partial charge is 0.305 e. The quantitative estimate of drug-likeness (QED) is 0.830. The van der Waals surface area contributed by atoms with Gasteiger partial charge in [0.2, 0.25) is 0 Å². The normalized spacial score (nSPS) is 12.6. The summed E-state index contributed by atoms with van der Waals surface area (Å²) in [6, 6.07) is 10.6. The molecule has 0 unspecified atom stereocenters. The van der Waals surface area contributed by atoms with Gasteiger partial charge in [-0.15, -0.1) is 11.3 Å². The summed E-state index contributed by atoms with van der Waals surface area (Å²) in [4.78, 5) is 1.35. The minimum Gasteiger partial charge on any atom is -0.305 e. The van der Waals surface area contributed by atoms with Crippen molar-refractivity contribution in [2.24, 2.45) is 0 Å². The van der Waals surface area contributed by atoms with Crippen molar-refractivity contribution in [3.63, 3.8) is 0 Å². The molecule has 1 heterocycles. The number of hydrogen-bond acceptors (Lipinski definition) is 2. The van der Waals surface area contributed by atoms with Crippen LogP contribution >= 0.6 is 38.9 Å². The monoisotopic (exact) mass is 329 g/mol. The molecule has 0 spiro atoms. The summed E-state index contributed by atoms with van der Waals surface area (Å²) in [6.45, 7) is 2.95. The molecule has 0 saturated carbocycles. The lowest BCUT2D eigenvalue weighted by molar-refractivity contribution is 0.583. The Balaban J connectivity index is 1.98. The van der Waals surface area contributed by atoms with Gasteiger partial charge >= 0.3 is 0 Å². The van der Waals surface area contributed by atoms with Gasteiger partial charge in [-0.3, -0.25) is 0 Å². The average Bonchev–Trinajstić information content (AvgIpc) is 2.81. The maximum Gasteiger partial charge on any atom is 0.0462 e. The van der Waals surface area contributed by atoms with Crippen molar-refractivity contribution >= 4 is 38.9 Å². The first-order valence-corrected chi connectivity index (χ1v) is 7.42. The van der Waals surface area contributed by atoms with Gasteiger partial charge in [0.25, 0.3) is 0 Å². The molecule has 17 heavy (non-hydrogen) atoms. The fourth-order valence-electron chi connectivity index (χ4n) is 1.57. The second-order valence-electron chi connectivity index (χ2n) is 3.85. The lowest BCUT2D eigenvalue weighted by atomic mass is 10.2. The molecular weight excluding hydrogens is 318 g/mol. The van der Waals surface area contributed by atoms with Crippen molar-refractivity contribution in [1.29, 1.82) is 0 Å². The summed E-state index contributed by atoms with van der Waals surface area (Å²) in [6.07, 6.45) is 0. The van der Waals surface area contributed by atoms with E-state index in [0.717, 1.165) is 21.6 Å². The Morgan fingerprint density at radius 1 is 1.41 bits per heavy atom. The molecular formula is C13H13BrClNS. The molecule has 1 aromatic carbocycles. The molecule has 0 fully saturated rings. The van der Waals surface area contributed by atoms with Gasteiger partial charge in [-0.05, 0) is 36.1 Å². The zero-order chi connectivity index (χ0) is 12.3. The highest BCUT2D eigenvalue weighted by Gasteiger charge is 2.07. The van der Waals surface area contributed by atoms with Gasteiger partial charge in [0.15, 0.2) is 0 Å². The summed E-state index contributed by atoms with van der Waals surface area (Å²) in [7, 11) is 0. The van der Waals surface area contributed by atoms with Gasteiger partial charge in [-0.2, -0.15) is 0 Å². The average molecular weight is 331 g/mol. The first-order valence-electron chi connectivity index (χ1n) is 5.37. The van der Waals surface area contributed by atoms with Crippen molar-refractivity contribution in [3.05, 3.63) is 55.6 Å². The van der Waals surface area contributed by atoms with Crippen LogP contribution in [0.3, 0.4) is 0 Å². The summed E-state index contributed by atoms with van der Waals surface area (Å²) in [5, 5.41) is 6.37. The second-order valence-corrected chi connectivity index (χ2v) is 6.16. The highest BCUT2D eigenvalue weighted by atomic mass is 79.9. The summed E-state index contributed by atoms with van der Waals surface area (Å²) >= 11 is 11.3. The number of nitrogens with one attached hydrogen (secondary N) is 1. The van der Waals surface area contributed by atoms with Crippen LogP contribution < -0.4 is 5.32 Å². The maximum absolute atomic E-state index is 6.17. The molecule has 90 valence electrons. The Labute approximate surface area is 119 Å². The van der Waals surface area contributed by atoms with Crippen LogP contribution in [0.5, 0.6) is 0 Å². The predicted molar refractivity (Wildman–Crippen MR) is 78.7 cm³/mol. The number of hydrogen-bond donors (Lipinski definition) is 1. The predicted octanol–water partition coefficient (Wildman–Crippen LogP) is 5.01. The number of halogens is 2. The third-order valence-electron chi connectivity index (χ3n) is 2.58. The minimum absolute atomic E-state index is 0.356. The van der Waals surface area contributed by atoms with Gasteiger partial charge < -0.3 is 5.32 Å². The Hall–Kier alpha value is -0.350. The van der Waals surface area contributed by atoms with Crippen LogP contribution in [0, 0.1) is 0 Å². The van der Waals surface area contributed by atoms with Crippen LogP contribution in [-0.4, -0.2) is 0 Å². The van der Waals surface area contributed by atoms with E-state index in [2.05, 4.69) is 45.7 Å². The van der Waals surface area contributed by atoms with Crippen molar-refractivity contribution in [2.75, 3.05) is 0 Å². The van der Waals surface area contributed by atoms with E-state index in [1.165, 1.54) is 4.88 Å². The van der Waals surface area contributed by atoms with E-state index in [9.17, 15) is 0 Å². The lowest BCUT2D eigenvalue weighted by Gasteiger charge is -2.13. The van der Waals surface area contributed by atoms with Gasteiger partial charge in [-0.25, -0.2) is 0 Å². The third-order valence-corrected chi connectivity index (χ3v) is 4.48. The standard InChI is InChI=1S/C13H13BrClNS/c1-9(13-3-2-6-17-13)16-8-10-4-5-11(14)7-12(10)15/h2-7,9,16H,8H2,1H3/t9-/m1/s1. The van der Waals surface area contributed by atoms with Crippen LogP contribution in [0.25, 0.3) is 0 Å². The van der Waals surface area contributed by atoms with Crippen molar-refractivity contribution in [3.8, 4) is 0 Å². The zero-order valence-electron chi connectivity index (χ0n) is 9.41. The van der Waals surface area contributed by atoms with E-state index in [1.807, 2.05) is 18.2 Å². The fourth-order valence-corrected chi connectivity index (χ4v) is 3.07. The molecule has 4 heteroatoms. The van der Waals surface area contributed by atoms with Crippen LogP contribution in [-0.2, 0) is 6.54 Å². The molecule has 0 amide bonds. The van der Waals surface area contributed by atoms with E-state index in [-0.39, 0.29) is 0 Å². The molecule has 2 rings (SSSR count). The van der Waals surface area contributed by atoms with E-state index in [1.54, 1.807) is 11.3 Å². The van der Waals surface area contributed by atoms with E-state index in [4.69, 9.17) is 11.6 Å². The molecule has 1 N–H and O–H groups in total. The topological polar surface area (TPSA) is 12.0 Å². The van der Waals surface area contributed by atoms with Crippen LogP contribution in [0.2, 0.25) is 5.02 Å². The van der Waals surface area contributed by atoms with Crippen LogP contribution in [0.4, 0.5) is 0 Å². The first-order chi connectivity index (χ1) is 8.16. The van der Waals surface area contributed by atoms with Gasteiger partial charge in [0.05, 0.1) is 0 Å². The Morgan fingerprint density at radius 2 is 2.24 bits per heavy atom. The lowest BCUT2D eigenvalue weighted by Crippen LogP contribution is -2.17. The van der Waals surface area contributed by atoms with E-state index >= 15 is 0 Å². The summed E-state index contributed by atoms with van der Waals surface area (Å²) in [5.74, 6) is 0. The Morgan fingerprint density at radius 3 is 2.88 bits per heavy atom. The molecule has 0 aliphatic heterocycles. The highest BCUT2D eigenvalue weighted by molar-refractivity contribution is 9.10. The molecule has 0 aliphatic carbocycles. The molecule has 0 aliphatic rings. The molecule has 0 bridgehead atoms. The molecule has 1 atom stereocenters. The SMILES string of the molecule is C[C@@H](NCc1ccc(Br)cc1Cl)c1cccs1. The van der Waals surface area contributed by atoms with Crippen LogP contribution in [0.1, 0.15) is 23.4 Å². The fraction of sp³-hybridized carbons (Fsp3) is 0.231. The molecule has 2 aromatic rings. The van der Waals surface area contributed by atoms with Gasteiger partial charge in [-0.1, -0.05) is 39.7 Å². The molecule has 0 radical (unpaired) electrons. The minimum atomic E-state index is 0.356. The second kappa shape index (κ2) is 6.01. The van der Waals surface area contributed by atoms with Gasteiger partial charge in [0, 0.05) is 27.0 Å². The molecule has 0 saturated heterocycles. The Bertz CT molecular complexity index is 484. The number of rotatable bonds is 4. The van der Waals surface area contributed by atoms with Crippen molar-refractivity contribution in [2.45, 2.75) is 19.5 Å². The first kappa shape index (κ1) is 13.1. The highest BCUT2D eigenvalue weighted by Crippen LogP contribution is 2.23.